The van der Waals surface area contributed by atoms with E-state index in [9.17, 15) is 9.59 Å². The van der Waals surface area contributed by atoms with Crippen LogP contribution >= 0.6 is 0 Å². The highest BCUT2D eigenvalue weighted by atomic mass is 16.6. The molecule has 130 valence electrons. The Morgan fingerprint density at radius 2 is 1.74 bits per heavy atom. The van der Waals surface area contributed by atoms with Crippen molar-refractivity contribution in [1.29, 1.82) is 0 Å². The zero-order valence-corrected chi connectivity index (χ0v) is 14.5. The number of hydrogen-bond acceptors (Lipinski definition) is 4. The fourth-order valence-corrected chi connectivity index (χ4v) is 3.94. The van der Waals surface area contributed by atoms with Gasteiger partial charge in [0, 0.05) is 12.3 Å². The molecule has 0 spiro atoms. The number of Topliss-reactive ketones (excluding diaryl/α,β-unsaturated/α-hetero) is 1. The molecule has 2 bridgehead atoms. The van der Waals surface area contributed by atoms with Gasteiger partial charge in [0.1, 0.15) is 11.4 Å². The van der Waals surface area contributed by atoms with Gasteiger partial charge in [0.25, 0.3) is 0 Å². The summed E-state index contributed by atoms with van der Waals surface area (Å²) in [6.45, 7) is 6.68. The Bertz CT molecular complexity index is 452. The lowest BCUT2D eigenvalue weighted by molar-refractivity contribution is -0.133. The molecule has 0 N–H and O–H groups in total. The molecule has 3 rings (SSSR count). The number of ketones is 1. The number of morpholine rings is 1. The van der Waals surface area contributed by atoms with Gasteiger partial charge in [0.15, 0.2) is 0 Å². The van der Waals surface area contributed by atoms with Crippen LogP contribution in [0.2, 0.25) is 0 Å². The molecular formula is C18H29NO4. The average molecular weight is 323 g/mol. The van der Waals surface area contributed by atoms with Crippen LogP contribution in [0.25, 0.3) is 0 Å². The molecule has 5 heteroatoms. The van der Waals surface area contributed by atoms with Crippen molar-refractivity contribution in [3.63, 3.8) is 0 Å². The minimum Gasteiger partial charge on any atom is -0.444 e. The SMILES string of the molecule is CC(C)(C)OC(=O)N1C2COCC1CC(C(=O)CC1CCC1)C2. The topological polar surface area (TPSA) is 55.8 Å². The molecule has 23 heavy (non-hydrogen) atoms. The molecule has 2 unspecified atom stereocenters. The van der Waals surface area contributed by atoms with Crippen LogP contribution in [0.1, 0.15) is 59.3 Å². The van der Waals surface area contributed by atoms with E-state index in [1.165, 1.54) is 19.3 Å². The van der Waals surface area contributed by atoms with E-state index in [1.807, 2.05) is 25.7 Å². The molecule has 2 heterocycles. The summed E-state index contributed by atoms with van der Waals surface area (Å²) in [4.78, 5) is 26.9. The number of fused-ring (bicyclic) bond motifs is 2. The van der Waals surface area contributed by atoms with E-state index in [1.54, 1.807) is 0 Å². The number of amides is 1. The van der Waals surface area contributed by atoms with E-state index in [-0.39, 0.29) is 24.1 Å². The number of hydrogen-bond donors (Lipinski definition) is 0. The van der Waals surface area contributed by atoms with Crippen LogP contribution in [0.4, 0.5) is 4.79 Å². The third-order valence-electron chi connectivity index (χ3n) is 5.29. The standard InChI is InChI=1S/C18H29NO4/c1-18(2,3)23-17(21)19-14-8-13(9-15(19)11-22-10-14)16(20)7-12-5-4-6-12/h12-15H,4-11H2,1-3H3. The van der Waals surface area contributed by atoms with Gasteiger partial charge in [-0.05, 0) is 39.5 Å². The normalized spacial score (nSPS) is 31.4. The number of ether oxygens (including phenoxy) is 2. The minimum atomic E-state index is -0.497. The Morgan fingerprint density at radius 1 is 1.13 bits per heavy atom. The Hall–Kier alpha value is -1.10. The van der Waals surface area contributed by atoms with Crippen molar-refractivity contribution in [2.75, 3.05) is 13.2 Å². The molecule has 0 aromatic carbocycles. The molecule has 2 aliphatic heterocycles. The summed E-state index contributed by atoms with van der Waals surface area (Å²) in [5, 5.41) is 0. The monoisotopic (exact) mass is 323 g/mol. The largest absolute Gasteiger partial charge is 0.444 e. The first-order valence-electron chi connectivity index (χ1n) is 8.95. The Balaban J connectivity index is 1.63. The third kappa shape index (κ3) is 3.87. The lowest BCUT2D eigenvalue weighted by Crippen LogP contribution is -2.60. The summed E-state index contributed by atoms with van der Waals surface area (Å²) >= 11 is 0. The van der Waals surface area contributed by atoms with Crippen molar-refractivity contribution < 1.29 is 19.1 Å². The summed E-state index contributed by atoms with van der Waals surface area (Å²) in [7, 11) is 0. The van der Waals surface area contributed by atoms with Crippen LogP contribution in [-0.2, 0) is 14.3 Å². The molecule has 3 aliphatic rings. The van der Waals surface area contributed by atoms with Crippen LogP contribution in [0.5, 0.6) is 0 Å². The lowest BCUT2D eigenvalue weighted by atomic mass is 9.76. The highest BCUT2D eigenvalue weighted by Crippen LogP contribution is 2.36. The maximum Gasteiger partial charge on any atom is 0.410 e. The molecule has 1 aliphatic carbocycles. The summed E-state index contributed by atoms with van der Waals surface area (Å²) in [6, 6.07) is -0.0413. The zero-order chi connectivity index (χ0) is 16.6. The number of carbonyl (C=O) groups excluding carboxylic acids is 2. The van der Waals surface area contributed by atoms with E-state index >= 15 is 0 Å². The molecular weight excluding hydrogens is 294 g/mol. The van der Waals surface area contributed by atoms with Gasteiger partial charge >= 0.3 is 6.09 Å². The molecule has 3 fully saturated rings. The highest BCUT2D eigenvalue weighted by molar-refractivity contribution is 5.82. The van der Waals surface area contributed by atoms with Gasteiger partial charge in [0.2, 0.25) is 0 Å². The van der Waals surface area contributed by atoms with Gasteiger partial charge in [-0.15, -0.1) is 0 Å². The molecule has 5 nitrogen and oxygen atoms in total. The van der Waals surface area contributed by atoms with Gasteiger partial charge in [-0.2, -0.15) is 0 Å². The summed E-state index contributed by atoms with van der Waals surface area (Å²) in [5.41, 5.74) is -0.497. The molecule has 2 saturated heterocycles. The summed E-state index contributed by atoms with van der Waals surface area (Å²) < 4.78 is 11.2. The van der Waals surface area contributed by atoms with Gasteiger partial charge < -0.3 is 9.47 Å². The maximum atomic E-state index is 12.6. The first-order valence-corrected chi connectivity index (χ1v) is 8.95. The highest BCUT2D eigenvalue weighted by Gasteiger charge is 2.45. The molecule has 0 aromatic heterocycles. The number of nitrogens with zero attached hydrogens (tertiary/aromatic N) is 1. The summed E-state index contributed by atoms with van der Waals surface area (Å²) in [6.07, 6.45) is 5.60. The van der Waals surface area contributed by atoms with Crippen LogP contribution < -0.4 is 0 Å². The molecule has 2 atom stereocenters. The van der Waals surface area contributed by atoms with E-state index in [0.717, 1.165) is 19.3 Å². The summed E-state index contributed by atoms with van der Waals surface area (Å²) in [5.74, 6) is 1.10. The van der Waals surface area contributed by atoms with E-state index in [4.69, 9.17) is 9.47 Å². The molecule has 1 saturated carbocycles. The number of rotatable bonds is 3. The van der Waals surface area contributed by atoms with E-state index in [2.05, 4.69) is 0 Å². The van der Waals surface area contributed by atoms with Gasteiger partial charge in [-0.1, -0.05) is 19.3 Å². The second-order valence-electron chi connectivity index (χ2n) is 8.37. The second-order valence-corrected chi connectivity index (χ2v) is 8.37. The predicted molar refractivity (Wildman–Crippen MR) is 86.2 cm³/mol. The fourth-order valence-electron chi connectivity index (χ4n) is 3.94. The van der Waals surface area contributed by atoms with Crippen LogP contribution in [0, 0.1) is 11.8 Å². The van der Waals surface area contributed by atoms with Crippen LogP contribution in [-0.4, -0.2) is 47.7 Å². The molecule has 0 aromatic rings. The maximum absolute atomic E-state index is 12.6. The van der Waals surface area contributed by atoms with Crippen LogP contribution in [0.15, 0.2) is 0 Å². The first-order chi connectivity index (χ1) is 10.8. The van der Waals surface area contributed by atoms with Crippen molar-refractivity contribution in [1.82, 2.24) is 4.90 Å². The number of piperidine rings is 1. The van der Waals surface area contributed by atoms with Crippen molar-refractivity contribution in [2.24, 2.45) is 11.8 Å². The minimum absolute atomic E-state index is 0.0207. The lowest BCUT2D eigenvalue weighted by Gasteiger charge is -2.48. The second kappa shape index (κ2) is 6.42. The van der Waals surface area contributed by atoms with E-state index in [0.29, 0.717) is 24.9 Å². The first kappa shape index (κ1) is 16.7. The van der Waals surface area contributed by atoms with Gasteiger partial charge in [0.05, 0.1) is 25.3 Å². The fraction of sp³-hybridized carbons (Fsp3) is 0.889. The van der Waals surface area contributed by atoms with Crippen molar-refractivity contribution in [3.8, 4) is 0 Å². The molecule has 0 radical (unpaired) electrons. The van der Waals surface area contributed by atoms with Crippen molar-refractivity contribution in [3.05, 3.63) is 0 Å². The van der Waals surface area contributed by atoms with Crippen molar-refractivity contribution >= 4 is 11.9 Å². The van der Waals surface area contributed by atoms with Gasteiger partial charge in [-0.25, -0.2) is 4.79 Å². The number of carbonyl (C=O) groups is 2. The Morgan fingerprint density at radius 3 is 2.22 bits per heavy atom. The molecule has 1 amide bonds. The zero-order valence-electron chi connectivity index (χ0n) is 14.5. The van der Waals surface area contributed by atoms with Crippen molar-refractivity contribution in [2.45, 2.75) is 77.0 Å². The average Bonchev–Trinajstić information content (AvgIpc) is 2.39. The van der Waals surface area contributed by atoms with Crippen LogP contribution in [0.3, 0.4) is 0 Å². The quantitative estimate of drug-likeness (QED) is 0.800. The predicted octanol–water partition coefficient (Wildman–Crippen LogP) is 3.16. The van der Waals surface area contributed by atoms with Gasteiger partial charge in [-0.3, -0.25) is 9.69 Å². The third-order valence-corrected chi connectivity index (χ3v) is 5.29. The smallest absolute Gasteiger partial charge is 0.410 e. The Labute approximate surface area is 138 Å². The van der Waals surface area contributed by atoms with E-state index < -0.39 is 5.60 Å². The Kier molecular flexibility index (Phi) is 4.68.